The van der Waals surface area contributed by atoms with E-state index in [4.69, 9.17) is 4.98 Å². The molecule has 7 heteroatoms. The van der Waals surface area contributed by atoms with E-state index in [1.165, 1.54) is 32.7 Å². The topological polar surface area (TPSA) is 56.4 Å². The van der Waals surface area contributed by atoms with Gasteiger partial charge in [0.05, 0.1) is 29.6 Å². The van der Waals surface area contributed by atoms with Gasteiger partial charge in [-0.2, -0.15) is 0 Å². The summed E-state index contributed by atoms with van der Waals surface area (Å²) < 4.78 is 1.79. The summed E-state index contributed by atoms with van der Waals surface area (Å²) in [7, 11) is 2.19. The Morgan fingerprint density at radius 2 is 1.85 bits per heavy atom. The number of carbonyl (C=O) groups excluding carboxylic acids is 1. The summed E-state index contributed by atoms with van der Waals surface area (Å²) in [5.74, 6) is 0.297. The molecule has 1 atom stereocenters. The van der Waals surface area contributed by atoms with Gasteiger partial charge in [-0.25, -0.2) is 4.98 Å². The van der Waals surface area contributed by atoms with Crippen LogP contribution < -0.4 is 10.5 Å². The Bertz CT molecular complexity index is 1350. The maximum absolute atomic E-state index is 13.7. The number of benzene rings is 2. The third-order valence-electron chi connectivity index (χ3n) is 6.12. The Morgan fingerprint density at radius 3 is 2.61 bits per heavy atom. The van der Waals surface area contributed by atoms with Gasteiger partial charge in [0.1, 0.15) is 11.4 Å². The molecule has 0 radical (unpaired) electrons. The van der Waals surface area contributed by atoms with Crippen LogP contribution in [0.5, 0.6) is 0 Å². The molecule has 0 saturated heterocycles. The van der Waals surface area contributed by atoms with Crippen molar-refractivity contribution < 1.29 is 9.69 Å². The zero-order chi connectivity index (χ0) is 22.8. The maximum atomic E-state index is 13.7. The fourth-order valence-electron chi connectivity index (χ4n) is 4.30. The molecule has 2 aromatic heterocycles. The summed E-state index contributed by atoms with van der Waals surface area (Å²) in [6.45, 7) is 2.52. The number of hydrogen-bond donors (Lipinski definition) is 1. The molecule has 5 nitrogen and oxygen atoms in total. The van der Waals surface area contributed by atoms with E-state index in [9.17, 15) is 9.59 Å². The molecule has 0 aliphatic carbocycles. The highest BCUT2D eigenvalue weighted by atomic mass is 32.2. The molecule has 1 aliphatic heterocycles. The zero-order valence-corrected chi connectivity index (χ0v) is 20.2. The molecule has 0 fully saturated rings. The Labute approximate surface area is 201 Å². The number of likely N-dealkylation sites (N-methyl/N-ethyl adjacent to an activating group) is 1. The largest absolute Gasteiger partial charge is 0.333 e. The number of thioether (sulfide) groups is 1. The highest BCUT2D eigenvalue weighted by Crippen LogP contribution is 2.31. The van der Waals surface area contributed by atoms with Gasteiger partial charge in [-0.3, -0.25) is 14.2 Å². The number of quaternary nitrogens is 1. The number of nitrogens with zero attached hydrogens (tertiary/aromatic N) is 2. The summed E-state index contributed by atoms with van der Waals surface area (Å²) >= 11 is 3.01. The molecule has 0 amide bonds. The van der Waals surface area contributed by atoms with Crippen molar-refractivity contribution in [3.8, 4) is 0 Å². The number of ketones is 1. The van der Waals surface area contributed by atoms with Crippen LogP contribution in [0, 0.1) is 0 Å². The van der Waals surface area contributed by atoms with Crippen LogP contribution in [0.2, 0.25) is 0 Å². The number of thiophene rings is 1. The first kappa shape index (κ1) is 22.1. The lowest BCUT2D eigenvalue weighted by atomic mass is 10.1. The second-order valence-electron chi connectivity index (χ2n) is 8.48. The Hall–Kier alpha value is -2.74. The molecular formula is C26H26N3O2S2+. The standard InChI is InChI=1S/C26H25N3O2S2/c1-28-14-13-20-22(16-28)33-24-23(20)25(31)29(15-12-18-8-4-2-5-9-18)26(27-24)32-17-21(30)19-10-6-3-7-11-19/h2-11H,12-17H2,1H3/p+1. The van der Waals surface area contributed by atoms with Crippen LogP contribution in [0.15, 0.2) is 70.6 Å². The highest BCUT2D eigenvalue weighted by Gasteiger charge is 2.26. The Balaban J connectivity index is 1.51. The smallest absolute Gasteiger partial charge is 0.263 e. The van der Waals surface area contributed by atoms with E-state index in [0.29, 0.717) is 17.3 Å². The van der Waals surface area contributed by atoms with E-state index in [2.05, 4.69) is 19.2 Å². The zero-order valence-electron chi connectivity index (χ0n) is 18.5. The minimum atomic E-state index is 0.0302. The van der Waals surface area contributed by atoms with Crippen LogP contribution in [0.3, 0.4) is 0 Å². The normalized spacial score (nSPS) is 15.5. The minimum absolute atomic E-state index is 0.0302. The molecular weight excluding hydrogens is 450 g/mol. The average molecular weight is 477 g/mol. The van der Waals surface area contributed by atoms with Crippen molar-refractivity contribution in [3.63, 3.8) is 0 Å². The first-order valence-corrected chi connectivity index (χ1v) is 13.0. The van der Waals surface area contributed by atoms with Gasteiger partial charge in [0, 0.05) is 18.5 Å². The predicted octanol–water partition coefficient (Wildman–Crippen LogP) is 3.25. The third-order valence-corrected chi connectivity index (χ3v) is 8.22. The SMILES string of the molecule is C[NH+]1CCc2c(sc3nc(SCC(=O)c4ccccc4)n(CCc4ccccc4)c(=O)c23)C1. The van der Waals surface area contributed by atoms with Crippen LogP contribution in [-0.4, -0.2) is 34.7 Å². The van der Waals surface area contributed by atoms with Gasteiger partial charge in [0.25, 0.3) is 5.56 Å². The fourth-order valence-corrected chi connectivity index (χ4v) is 6.60. The van der Waals surface area contributed by atoms with E-state index >= 15 is 0 Å². The van der Waals surface area contributed by atoms with Crippen molar-refractivity contribution >= 4 is 39.1 Å². The Morgan fingerprint density at radius 1 is 1.12 bits per heavy atom. The second-order valence-corrected chi connectivity index (χ2v) is 10.5. The van der Waals surface area contributed by atoms with Crippen molar-refractivity contribution in [3.05, 3.63) is 92.6 Å². The summed E-state index contributed by atoms with van der Waals surface area (Å²) in [4.78, 5) is 34.9. The summed E-state index contributed by atoms with van der Waals surface area (Å²) in [5.41, 5.74) is 3.08. The maximum Gasteiger partial charge on any atom is 0.263 e. The molecule has 1 N–H and O–H groups in total. The van der Waals surface area contributed by atoms with Crippen LogP contribution in [0.4, 0.5) is 0 Å². The molecule has 1 aliphatic rings. The minimum Gasteiger partial charge on any atom is -0.333 e. The number of Topliss-reactive ketones (excluding diaryl/α,β-unsaturated/α-hetero) is 1. The first-order chi connectivity index (χ1) is 16.1. The number of carbonyl (C=O) groups is 1. The van der Waals surface area contributed by atoms with Crippen LogP contribution in [0.1, 0.15) is 26.4 Å². The second kappa shape index (κ2) is 9.63. The van der Waals surface area contributed by atoms with Crippen LogP contribution in [-0.2, 0) is 25.9 Å². The van der Waals surface area contributed by atoms with Gasteiger partial charge >= 0.3 is 0 Å². The molecule has 4 aromatic rings. The molecule has 1 unspecified atom stereocenters. The van der Waals surface area contributed by atoms with Crippen molar-refractivity contribution in [2.75, 3.05) is 19.3 Å². The van der Waals surface area contributed by atoms with Crippen molar-refractivity contribution in [1.82, 2.24) is 9.55 Å². The van der Waals surface area contributed by atoms with Gasteiger partial charge in [0.2, 0.25) is 0 Å². The monoisotopic (exact) mass is 476 g/mol. The predicted molar refractivity (Wildman–Crippen MR) is 135 cm³/mol. The third kappa shape index (κ3) is 4.67. The van der Waals surface area contributed by atoms with Gasteiger partial charge in [-0.1, -0.05) is 72.4 Å². The highest BCUT2D eigenvalue weighted by molar-refractivity contribution is 7.99. The number of aryl methyl sites for hydroxylation is 1. The lowest BCUT2D eigenvalue weighted by Gasteiger charge is -2.19. The number of rotatable bonds is 7. The lowest BCUT2D eigenvalue weighted by Crippen LogP contribution is -3.08. The number of fused-ring (bicyclic) bond motifs is 3. The van der Waals surface area contributed by atoms with E-state index < -0.39 is 0 Å². The molecule has 33 heavy (non-hydrogen) atoms. The van der Waals surface area contributed by atoms with Crippen molar-refractivity contribution in [2.45, 2.75) is 31.1 Å². The summed E-state index contributed by atoms with van der Waals surface area (Å²) in [6.07, 6.45) is 1.66. The van der Waals surface area contributed by atoms with E-state index in [1.807, 2.05) is 48.5 Å². The number of hydrogen-bond acceptors (Lipinski definition) is 5. The average Bonchev–Trinajstić information content (AvgIpc) is 3.20. The summed E-state index contributed by atoms with van der Waals surface area (Å²) in [6, 6.07) is 19.5. The van der Waals surface area contributed by atoms with Crippen LogP contribution >= 0.6 is 23.1 Å². The van der Waals surface area contributed by atoms with Gasteiger partial charge in [-0.05, 0) is 17.5 Å². The van der Waals surface area contributed by atoms with E-state index in [1.54, 1.807) is 15.9 Å². The quantitative estimate of drug-likeness (QED) is 0.253. The van der Waals surface area contributed by atoms with E-state index in [0.717, 1.165) is 36.1 Å². The number of nitrogens with one attached hydrogen (secondary N) is 1. The van der Waals surface area contributed by atoms with E-state index in [-0.39, 0.29) is 17.1 Å². The summed E-state index contributed by atoms with van der Waals surface area (Å²) in [5, 5.41) is 1.42. The molecule has 0 bridgehead atoms. The van der Waals surface area contributed by atoms with Gasteiger partial charge in [0.15, 0.2) is 10.9 Å². The van der Waals surface area contributed by atoms with Crippen molar-refractivity contribution in [1.29, 1.82) is 0 Å². The first-order valence-electron chi connectivity index (χ1n) is 11.2. The fraction of sp³-hybridized carbons (Fsp3) is 0.269. The van der Waals surface area contributed by atoms with Crippen LogP contribution in [0.25, 0.3) is 10.2 Å². The number of aromatic nitrogens is 2. The molecule has 0 saturated carbocycles. The molecule has 168 valence electrons. The molecule has 0 spiro atoms. The lowest BCUT2D eigenvalue weighted by molar-refractivity contribution is -0.895. The van der Waals surface area contributed by atoms with Gasteiger partial charge in [-0.15, -0.1) is 11.3 Å². The Kier molecular flexibility index (Phi) is 6.44. The van der Waals surface area contributed by atoms with Crippen molar-refractivity contribution in [2.24, 2.45) is 0 Å². The molecule has 2 aromatic carbocycles. The van der Waals surface area contributed by atoms with Gasteiger partial charge < -0.3 is 4.90 Å². The molecule has 5 rings (SSSR count). The molecule has 3 heterocycles.